The monoisotopic (exact) mass is 273 g/mol. The van der Waals surface area contributed by atoms with Crippen LogP contribution in [0.3, 0.4) is 0 Å². The number of rotatable bonds is 7. The highest BCUT2D eigenvalue weighted by molar-refractivity contribution is 5.31. The Morgan fingerprint density at radius 2 is 1.84 bits per heavy atom. The molecule has 0 radical (unpaired) electrons. The highest BCUT2D eigenvalue weighted by Gasteiger charge is 2.21. The molecule has 1 aromatic rings. The first-order chi connectivity index (χ1) is 8.89. The average molecular weight is 273 g/mol. The summed E-state index contributed by atoms with van der Waals surface area (Å²) >= 11 is 0. The van der Waals surface area contributed by atoms with Gasteiger partial charge in [0, 0.05) is 6.54 Å². The van der Waals surface area contributed by atoms with Gasteiger partial charge in [-0.05, 0) is 37.6 Å². The summed E-state index contributed by atoms with van der Waals surface area (Å²) in [5.41, 5.74) is -0.576. The fourth-order valence-corrected chi connectivity index (χ4v) is 1.45. The van der Waals surface area contributed by atoms with Crippen LogP contribution < -0.4 is 10.1 Å². The van der Waals surface area contributed by atoms with Crippen molar-refractivity contribution >= 4 is 0 Å². The number of halogens is 2. The average Bonchev–Trinajstić information content (AvgIpc) is 2.35. The van der Waals surface area contributed by atoms with Gasteiger partial charge in [0.05, 0.1) is 5.60 Å². The number of hydrogen-bond acceptors (Lipinski definition) is 3. The zero-order valence-corrected chi connectivity index (χ0v) is 11.6. The minimum absolute atomic E-state index is 0.149. The van der Waals surface area contributed by atoms with Crippen LogP contribution >= 0.6 is 0 Å². The number of benzene rings is 1. The lowest BCUT2D eigenvalue weighted by atomic mass is 10.1. The second-order valence-electron chi connectivity index (χ2n) is 4.81. The molecule has 19 heavy (non-hydrogen) atoms. The van der Waals surface area contributed by atoms with E-state index in [1.165, 1.54) is 12.1 Å². The van der Waals surface area contributed by atoms with Crippen LogP contribution in [0.25, 0.3) is 0 Å². The Labute approximate surface area is 112 Å². The summed E-state index contributed by atoms with van der Waals surface area (Å²) in [7, 11) is 0. The molecule has 0 saturated carbocycles. The molecule has 0 bridgehead atoms. The Morgan fingerprint density at radius 3 is 2.32 bits per heavy atom. The molecule has 1 rings (SSSR count). The molecule has 108 valence electrons. The Morgan fingerprint density at radius 1 is 1.26 bits per heavy atom. The summed E-state index contributed by atoms with van der Waals surface area (Å²) in [5.74, 6) is -1.94. The summed E-state index contributed by atoms with van der Waals surface area (Å²) in [6.07, 6.45) is 0.439. The molecule has 0 fully saturated rings. The van der Waals surface area contributed by atoms with Crippen LogP contribution in [-0.4, -0.2) is 23.9 Å². The summed E-state index contributed by atoms with van der Waals surface area (Å²) in [6.45, 7) is 6.22. The second kappa shape index (κ2) is 6.82. The lowest BCUT2D eigenvalue weighted by Crippen LogP contribution is -2.31. The van der Waals surface area contributed by atoms with Crippen LogP contribution in [-0.2, 0) is 6.54 Å². The number of hydrogen-bond donors (Lipinski definition) is 2. The molecule has 3 nitrogen and oxygen atoms in total. The first kappa shape index (κ1) is 15.9. The van der Waals surface area contributed by atoms with Crippen molar-refractivity contribution < 1.29 is 18.6 Å². The lowest BCUT2D eigenvalue weighted by Gasteiger charge is -2.22. The van der Waals surface area contributed by atoms with E-state index in [-0.39, 0.29) is 6.61 Å². The quantitative estimate of drug-likeness (QED) is 0.802. The van der Waals surface area contributed by atoms with Gasteiger partial charge in [-0.2, -0.15) is 0 Å². The fourth-order valence-electron chi connectivity index (χ4n) is 1.45. The standard InChI is InChI=1S/C14H21F2NO2/c1-4-14(3,18)9-19-13-11(15)6-10(7-12(13)16)8-17-5-2/h6-7,17-18H,4-5,8-9H2,1-3H3. The lowest BCUT2D eigenvalue weighted by molar-refractivity contribution is 0.00610. The van der Waals surface area contributed by atoms with Crippen LogP contribution in [0.2, 0.25) is 0 Å². The Hall–Kier alpha value is -1.20. The van der Waals surface area contributed by atoms with Crippen molar-refractivity contribution in [3.63, 3.8) is 0 Å². The smallest absolute Gasteiger partial charge is 0.190 e. The fraction of sp³-hybridized carbons (Fsp3) is 0.571. The van der Waals surface area contributed by atoms with E-state index >= 15 is 0 Å². The van der Waals surface area contributed by atoms with Crippen molar-refractivity contribution in [2.24, 2.45) is 0 Å². The van der Waals surface area contributed by atoms with Crippen LogP contribution in [0.15, 0.2) is 12.1 Å². The molecule has 0 aromatic heterocycles. The van der Waals surface area contributed by atoms with Gasteiger partial charge in [0.1, 0.15) is 6.61 Å². The van der Waals surface area contributed by atoms with Gasteiger partial charge in [-0.25, -0.2) is 8.78 Å². The van der Waals surface area contributed by atoms with Crippen LogP contribution in [0.5, 0.6) is 5.75 Å². The molecular formula is C14H21F2NO2. The zero-order valence-electron chi connectivity index (χ0n) is 11.6. The molecule has 0 heterocycles. The second-order valence-corrected chi connectivity index (χ2v) is 4.81. The van der Waals surface area contributed by atoms with Gasteiger partial charge in [-0.15, -0.1) is 0 Å². The summed E-state index contributed by atoms with van der Waals surface area (Å²) in [6, 6.07) is 2.48. The molecule has 2 N–H and O–H groups in total. The molecular weight excluding hydrogens is 252 g/mol. The van der Waals surface area contributed by atoms with Crippen molar-refractivity contribution in [3.05, 3.63) is 29.3 Å². The van der Waals surface area contributed by atoms with E-state index in [4.69, 9.17) is 4.74 Å². The minimum Gasteiger partial charge on any atom is -0.485 e. The van der Waals surface area contributed by atoms with E-state index in [0.29, 0.717) is 18.5 Å². The van der Waals surface area contributed by atoms with Gasteiger partial charge in [-0.1, -0.05) is 13.8 Å². The van der Waals surface area contributed by atoms with Crippen molar-refractivity contribution in [3.8, 4) is 5.75 Å². The largest absolute Gasteiger partial charge is 0.485 e. The van der Waals surface area contributed by atoms with Crippen LogP contribution in [0.4, 0.5) is 8.78 Å². The molecule has 0 aliphatic carbocycles. The summed E-state index contributed by atoms with van der Waals surface area (Å²) in [5, 5.41) is 12.7. The summed E-state index contributed by atoms with van der Waals surface area (Å²) < 4.78 is 32.5. The van der Waals surface area contributed by atoms with E-state index in [2.05, 4.69) is 5.32 Å². The third-order valence-corrected chi connectivity index (χ3v) is 2.93. The number of ether oxygens (including phenoxy) is 1. The Bertz CT molecular complexity index is 399. The molecule has 5 heteroatoms. The van der Waals surface area contributed by atoms with Gasteiger partial charge < -0.3 is 15.2 Å². The van der Waals surface area contributed by atoms with E-state index in [9.17, 15) is 13.9 Å². The maximum atomic E-state index is 13.7. The first-order valence-corrected chi connectivity index (χ1v) is 6.43. The van der Waals surface area contributed by atoms with Gasteiger partial charge in [0.15, 0.2) is 17.4 Å². The molecule has 0 aliphatic rings. The number of nitrogens with one attached hydrogen (secondary N) is 1. The molecule has 0 amide bonds. The summed E-state index contributed by atoms with van der Waals surface area (Å²) in [4.78, 5) is 0. The van der Waals surface area contributed by atoms with Crippen molar-refractivity contribution in [2.75, 3.05) is 13.2 Å². The molecule has 1 atom stereocenters. The van der Waals surface area contributed by atoms with Crippen molar-refractivity contribution in [1.82, 2.24) is 5.32 Å². The third-order valence-electron chi connectivity index (χ3n) is 2.93. The SMILES string of the molecule is CCNCc1cc(F)c(OCC(C)(O)CC)c(F)c1. The molecule has 0 saturated heterocycles. The molecule has 1 aromatic carbocycles. The van der Waals surface area contributed by atoms with Gasteiger partial charge >= 0.3 is 0 Å². The van der Waals surface area contributed by atoms with E-state index < -0.39 is 23.0 Å². The first-order valence-electron chi connectivity index (χ1n) is 6.43. The van der Waals surface area contributed by atoms with Gasteiger partial charge in [0.25, 0.3) is 0 Å². The Kier molecular flexibility index (Phi) is 5.69. The molecule has 0 spiro atoms. The van der Waals surface area contributed by atoms with Gasteiger partial charge in [-0.3, -0.25) is 0 Å². The predicted molar refractivity (Wildman–Crippen MR) is 70.1 cm³/mol. The van der Waals surface area contributed by atoms with E-state index in [1.54, 1.807) is 13.8 Å². The normalized spacial score (nSPS) is 14.2. The van der Waals surface area contributed by atoms with Crippen molar-refractivity contribution in [2.45, 2.75) is 39.3 Å². The van der Waals surface area contributed by atoms with Crippen molar-refractivity contribution in [1.29, 1.82) is 0 Å². The predicted octanol–water partition coefficient (Wildman–Crippen LogP) is 2.61. The Balaban J connectivity index is 2.79. The topological polar surface area (TPSA) is 41.5 Å². The van der Waals surface area contributed by atoms with E-state index in [1.807, 2.05) is 6.92 Å². The molecule has 0 aliphatic heterocycles. The maximum Gasteiger partial charge on any atom is 0.190 e. The van der Waals surface area contributed by atoms with Crippen LogP contribution in [0.1, 0.15) is 32.8 Å². The molecule has 1 unspecified atom stereocenters. The minimum atomic E-state index is -1.10. The van der Waals surface area contributed by atoms with Crippen LogP contribution in [0, 0.1) is 11.6 Å². The number of aliphatic hydroxyl groups is 1. The zero-order chi connectivity index (χ0) is 14.5. The highest BCUT2D eigenvalue weighted by atomic mass is 19.1. The van der Waals surface area contributed by atoms with E-state index in [0.717, 1.165) is 6.54 Å². The highest BCUT2D eigenvalue weighted by Crippen LogP contribution is 2.24. The maximum absolute atomic E-state index is 13.7. The third kappa shape index (κ3) is 4.76. The van der Waals surface area contributed by atoms with Gasteiger partial charge in [0.2, 0.25) is 0 Å².